The summed E-state index contributed by atoms with van der Waals surface area (Å²) in [4.78, 5) is -0.0203. The smallest absolute Gasteiger partial charge is 0.282 e. The van der Waals surface area contributed by atoms with Gasteiger partial charge < -0.3 is 0 Å². The summed E-state index contributed by atoms with van der Waals surface area (Å²) in [7, 11) is -4.05. The van der Waals surface area contributed by atoms with Crippen molar-refractivity contribution in [3.63, 3.8) is 0 Å². The quantitative estimate of drug-likeness (QED) is 0.638. The molecule has 1 aromatic carbocycles. The molecule has 1 aromatic rings. The Bertz CT molecular complexity index is 398. The van der Waals surface area contributed by atoms with Gasteiger partial charge in [0.2, 0.25) is 0 Å². The van der Waals surface area contributed by atoms with Crippen LogP contribution in [0, 0.1) is 13.8 Å². The molecule has 0 aromatic heterocycles. The number of aryl methyl sites for hydroxylation is 2. The summed E-state index contributed by atoms with van der Waals surface area (Å²) in [6.07, 6.45) is 0. The summed E-state index contributed by atoms with van der Waals surface area (Å²) in [5.41, 5.74) is 1.54. The minimum absolute atomic E-state index is 0. The molecular formula is C8H11IO3S. The van der Waals surface area contributed by atoms with Crippen LogP contribution in [-0.2, 0) is 10.1 Å². The predicted molar refractivity (Wildman–Crippen MR) is 61.1 cm³/mol. The summed E-state index contributed by atoms with van der Waals surface area (Å²) in [6.45, 7) is 3.51. The lowest BCUT2D eigenvalue weighted by atomic mass is 10.2. The van der Waals surface area contributed by atoms with Crippen LogP contribution in [0.15, 0.2) is 23.1 Å². The van der Waals surface area contributed by atoms with E-state index >= 15 is 0 Å². The van der Waals surface area contributed by atoms with Crippen LogP contribution in [0.1, 0.15) is 11.1 Å². The van der Waals surface area contributed by atoms with Gasteiger partial charge in [-0.25, -0.2) is 0 Å². The first-order valence-corrected chi connectivity index (χ1v) is 4.90. The van der Waals surface area contributed by atoms with Crippen molar-refractivity contribution >= 4 is 34.1 Å². The maximum Gasteiger partial charge on any atom is 0.294 e. The third kappa shape index (κ3) is 3.24. The van der Waals surface area contributed by atoms with Crippen LogP contribution in [0.5, 0.6) is 0 Å². The summed E-state index contributed by atoms with van der Waals surface area (Å²) in [5, 5.41) is 0. The van der Waals surface area contributed by atoms with Gasteiger partial charge in [0.05, 0.1) is 4.90 Å². The summed E-state index contributed by atoms with van der Waals surface area (Å²) in [5.74, 6) is 0. The van der Waals surface area contributed by atoms with Gasteiger partial charge in [0.1, 0.15) is 0 Å². The third-order valence-electron chi connectivity index (χ3n) is 1.61. The normalized spacial score (nSPS) is 10.7. The average molecular weight is 314 g/mol. The van der Waals surface area contributed by atoms with Crippen molar-refractivity contribution in [2.24, 2.45) is 0 Å². The molecule has 0 amide bonds. The Morgan fingerprint density at radius 1 is 1.23 bits per heavy atom. The number of benzene rings is 1. The Kier molecular flexibility index (Phi) is 4.34. The second-order valence-electron chi connectivity index (χ2n) is 2.74. The zero-order valence-electron chi connectivity index (χ0n) is 7.31. The fourth-order valence-electron chi connectivity index (χ4n) is 1.09. The van der Waals surface area contributed by atoms with Gasteiger partial charge in [0.15, 0.2) is 0 Å². The van der Waals surface area contributed by atoms with Gasteiger partial charge in [-0.2, -0.15) is 8.42 Å². The molecule has 0 fully saturated rings. The zero-order valence-corrected chi connectivity index (χ0v) is 10.5. The second kappa shape index (κ2) is 4.39. The molecule has 0 aliphatic heterocycles. The molecule has 1 rings (SSSR count). The van der Waals surface area contributed by atoms with E-state index in [9.17, 15) is 8.42 Å². The van der Waals surface area contributed by atoms with Gasteiger partial charge in [0, 0.05) is 0 Å². The SMILES string of the molecule is Cc1ccc(S(=O)(=O)O)c(C)c1.I. The van der Waals surface area contributed by atoms with Crippen LogP contribution in [-0.4, -0.2) is 13.0 Å². The van der Waals surface area contributed by atoms with Crippen molar-refractivity contribution in [1.29, 1.82) is 0 Å². The number of rotatable bonds is 1. The molecule has 1 N–H and O–H groups in total. The van der Waals surface area contributed by atoms with Crippen LogP contribution >= 0.6 is 24.0 Å². The molecule has 0 saturated carbocycles. The van der Waals surface area contributed by atoms with Crippen molar-refractivity contribution in [3.05, 3.63) is 29.3 Å². The summed E-state index contributed by atoms with van der Waals surface area (Å²) < 4.78 is 30.2. The van der Waals surface area contributed by atoms with Gasteiger partial charge in [-0.05, 0) is 25.5 Å². The first-order valence-electron chi connectivity index (χ1n) is 3.46. The molecule has 0 atom stereocenters. The van der Waals surface area contributed by atoms with Crippen LogP contribution in [0.25, 0.3) is 0 Å². The van der Waals surface area contributed by atoms with Gasteiger partial charge in [-0.1, -0.05) is 17.7 Å². The molecule has 5 heteroatoms. The van der Waals surface area contributed by atoms with Crippen LogP contribution < -0.4 is 0 Å². The highest BCUT2D eigenvalue weighted by Crippen LogP contribution is 2.15. The van der Waals surface area contributed by atoms with E-state index in [1.807, 2.05) is 6.92 Å². The van der Waals surface area contributed by atoms with E-state index in [4.69, 9.17) is 4.55 Å². The van der Waals surface area contributed by atoms with E-state index in [2.05, 4.69) is 0 Å². The molecule has 74 valence electrons. The molecule has 0 aliphatic rings. The van der Waals surface area contributed by atoms with Crippen LogP contribution in [0.2, 0.25) is 0 Å². The highest BCUT2D eigenvalue weighted by Gasteiger charge is 2.11. The van der Waals surface area contributed by atoms with Gasteiger partial charge in [-0.15, -0.1) is 24.0 Å². The lowest BCUT2D eigenvalue weighted by molar-refractivity contribution is 0.482. The van der Waals surface area contributed by atoms with E-state index in [0.29, 0.717) is 5.56 Å². The Balaban J connectivity index is 0.00000144. The molecule has 0 radical (unpaired) electrons. The Morgan fingerprint density at radius 2 is 1.77 bits per heavy atom. The Morgan fingerprint density at radius 3 is 2.15 bits per heavy atom. The fraction of sp³-hybridized carbons (Fsp3) is 0.250. The molecule has 13 heavy (non-hydrogen) atoms. The highest BCUT2D eigenvalue weighted by atomic mass is 127. The Labute approximate surface area is 94.9 Å². The Hall–Kier alpha value is -0.140. The number of hydrogen-bond acceptors (Lipinski definition) is 2. The molecule has 0 spiro atoms. The first-order chi connectivity index (χ1) is 5.41. The van der Waals surface area contributed by atoms with Crippen molar-refractivity contribution in [2.45, 2.75) is 18.7 Å². The van der Waals surface area contributed by atoms with Gasteiger partial charge in [-0.3, -0.25) is 4.55 Å². The summed E-state index contributed by atoms with van der Waals surface area (Å²) in [6, 6.07) is 4.76. The maximum absolute atomic E-state index is 10.7. The number of hydrogen-bond donors (Lipinski definition) is 1. The van der Waals surface area contributed by atoms with E-state index in [1.165, 1.54) is 6.07 Å². The molecule has 0 unspecified atom stereocenters. The largest absolute Gasteiger partial charge is 0.294 e. The molecule has 0 saturated heterocycles. The highest BCUT2D eigenvalue weighted by molar-refractivity contribution is 14.0. The van der Waals surface area contributed by atoms with Crippen LogP contribution in [0.4, 0.5) is 0 Å². The lowest BCUT2D eigenvalue weighted by Gasteiger charge is -2.02. The van der Waals surface area contributed by atoms with Crippen LogP contribution in [0.3, 0.4) is 0 Å². The predicted octanol–water partition coefficient (Wildman–Crippen LogP) is 2.17. The van der Waals surface area contributed by atoms with Crippen molar-refractivity contribution < 1.29 is 13.0 Å². The summed E-state index contributed by atoms with van der Waals surface area (Å²) >= 11 is 0. The molecular weight excluding hydrogens is 303 g/mol. The standard InChI is InChI=1S/C8H10O3S.HI/c1-6-3-4-8(7(2)5-6)12(9,10)11;/h3-5H,1-2H3,(H,9,10,11);1H. The van der Waals surface area contributed by atoms with E-state index < -0.39 is 10.1 Å². The molecule has 0 heterocycles. The topological polar surface area (TPSA) is 54.4 Å². The van der Waals surface area contributed by atoms with Crippen molar-refractivity contribution in [3.8, 4) is 0 Å². The van der Waals surface area contributed by atoms with Crippen molar-refractivity contribution in [1.82, 2.24) is 0 Å². The van der Waals surface area contributed by atoms with Gasteiger partial charge >= 0.3 is 0 Å². The minimum atomic E-state index is -4.05. The van der Waals surface area contributed by atoms with Crippen molar-refractivity contribution in [2.75, 3.05) is 0 Å². The van der Waals surface area contributed by atoms with E-state index in [1.54, 1.807) is 19.1 Å². The number of halogens is 1. The second-order valence-corrected chi connectivity index (χ2v) is 4.13. The first kappa shape index (κ1) is 12.9. The molecule has 0 aliphatic carbocycles. The van der Waals surface area contributed by atoms with Gasteiger partial charge in [0.25, 0.3) is 10.1 Å². The minimum Gasteiger partial charge on any atom is -0.282 e. The zero-order chi connectivity index (χ0) is 9.35. The molecule has 0 bridgehead atoms. The monoisotopic (exact) mass is 314 g/mol. The molecule has 3 nitrogen and oxygen atoms in total. The average Bonchev–Trinajstić information content (AvgIpc) is 1.83. The third-order valence-corrected chi connectivity index (χ3v) is 2.62. The van der Waals surface area contributed by atoms with E-state index in [-0.39, 0.29) is 28.9 Å². The lowest BCUT2D eigenvalue weighted by Crippen LogP contribution is -2.00. The fourth-order valence-corrected chi connectivity index (χ4v) is 1.79. The van der Waals surface area contributed by atoms with E-state index in [0.717, 1.165) is 5.56 Å². The maximum atomic E-state index is 10.7.